The van der Waals surface area contributed by atoms with E-state index < -0.39 is 0 Å². The zero-order chi connectivity index (χ0) is 17.5. The number of rotatable bonds is 7. The fourth-order valence-electron chi connectivity index (χ4n) is 2.54. The van der Waals surface area contributed by atoms with Crippen molar-refractivity contribution in [1.82, 2.24) is 15.1 Å². The van der Waals surface area contributed by atoms with Gasteiger partial charge in [0, 0.05) is 18.1 Å². The lowest BCUT2D eigenvalue weighted by atomic mass is 10.1. The summed E-state index contributed by atoms with van der Waals surface area (Å²) >= 11 is 1.62. The monoisotopic (exact) mass is 351 g/mol. The first kappa shape index (κ1) is 17.3. The van der Waals surface area contributed by atoms with Crippen LogP contribution in [0.15, 0.2) is 73.1 Å². The van der Waals surface area contributed by atoms with Crippen LogP contribution in [0.3, 0.4) is 0 Å². The molecule has 1 atom stereocenters. The zero-order valence-electron chi connectivity index (χ0n) is 14.1. The van der Waals surface area contributed by atoms with Crippen molar-refractivity contribution in [2.24, 2.45) is 0 Å². The number of hydrogen-bond acceptors (Lipinski definition) is 3. The third-order valence-corrected chi connectivity index (χ3v) is 4.89. The van der Waals surface area contributed by atoms with E-state index in [1.54, 1.807) is 18.0 Å². The van der Waals surface area contributed by atoms with Gasteiger partial charge in [-0.15, -0.1) is 11.8 Å². The van der Waals surface area contributed by atoms with E-state index in [0.717, 1.165) is 17.0 Å². The fourth-order valence-corrected chi connectivity index (χ4v) is 3.34. The Hall–Kier alpha value is -2.53. The Bertz CT molecular complexity index is 786. The minimum Gasteiger partial charge on any atom is -0.349 e. The summed E-state index contributed by atoms with van der Waals surface area (Å²) in [5, 5.41) is 7.25. The Morgan fingerprint density at radius 1 is 1.12 bits per heavy atom. The molecule has 0 aliphatic rings. The molecule has 0 saturated heterocycles. The largest absolute Gasteiger partial charge is 0.349 e. The van der Waals surface area contributed by atoms with Gasteiger partial charge in [-0.25, -0.2) is 4.68 Å². The van der Waals surface area contributed by atoms with Gasteiger partial charge in [-0.1, -0.05) is 42.5 Å². The molecule has 5 heteroatoms. The Kier molecular flexibility index (Phi) is 5.90. The number of amides is 1. The van der Waals surface area contributed by atoms with Crippen molar-refractivity contribution in [3.63, 3.8) is 0 Å². The van der Waals surface area contributed by atoms with E-state index in [0.29, 0.717) is 5.75 Å². The summed E-state index contributed by atoms with van der Waals surface area (Å²) in [5.41, 5.74) is 3.35. The van der Waals surface area contributed by atoms with Crippen molar-refractivity contribution in [2.75, 3.05) is 5.75 Å². The fraction of sp³-hybridized carbons (Fsp3) is 0.200. The number of benzene rings is 2. The SMILES string of the molecule is C[C@H](NC(=O)CSCc1ccc(-n2cccn2)cc1)c1ccccc1. The molecule has 0 spiro atoms. The lowest BCUT2D eigenvalue weighted by Crippen LogP contribution is -2.28. The van der Waals surface area contributed by atoms with Crippen LogP contribution in [0.4, 0.5) is 0 Å². The second-order valence-electron chi connectivity index (χ2n) is 5.81. The van der Waals surface area contributed by atoms with E-state index in [2.05, 4.69) is 22.5 Å². The van der Waals surface area contributed by atoms with E-state index in [1.165, 1.54) is 5.56 Å². The molecule has 2 aromatic carbocycles. The van der Waals surface area contributed by atoms with Gasteiger partial charge in [0.15, 0.2) is 0 Å². The van der Waals surface area contributed by atoms with Crippen LogP contribution in [0.5, 0.6) is 0 Å². The highest BCUT2D eigenvalue weighted by Crippen LogP contribution is 2.16. The summed E-state index contributed by atoms with van der Waals surface area (Å²) in [6.07, 6.45) is 3.68. The van der Waals surface area contributed by atoms with Gasteiger partial charge in [0.1, 0.15) is 0 Å². The second-order valence-corrected chi connectivity index (χ2v) is 6.80. The molecule has 0 radical (unpaired) electrons. The number of aromatic nitrogens is 2. The Morgan fingerprint density at radius 2 is 1.88 bits per heavy atom. The maximum atomic E-state index is 12.1. The van der Waals surface area contributed by atoms with Crippen molar-refractivity contribution in [3.05, 3.63) is 84.2 Å². The van der Waals surface area contributed by atoms with E-state index >= 15 is 0 Å². The van der Waals surface area contributed by atoms with Crippen molar-refractivity contribution in [2.45, 2.75) is 18.7 Å². The first-order valence-corrected chi connectivity index (χ1v) is 9.39. The summed E-state index contributed by atoms with van der Waals surface area (Å²) in [5.74, 6) is 1.33. The van der Waals surface area contributed by atoms with E-state index in [9.17, 15) is 4.79 Å². The highest BCUT2D eigenvalue weighted by Gasteiger charge is 2.09. The van der Waals surface area contributed by atoms with Crippen molar-refractivity contribution < 1.29 is 4.79 Å². The van der Waals surface area contributed by atoms with Gasteiger partial charge in [-0.05, 0) is 36.2 Å². The number of nitrogens with one attached hydrogen (secondary N) is 1. The van der Waals surface area contributed by atoms with Gasteiger partial charge in [0.05, 0.1) is 17.5 Å². The average molecular weight is 351 g/mol. The summed E-state index contributed by atoms with van der Waals surface area (Å²) in [6.45, 7) is 2.01. The molecule has 3 rings (SSSR count). The maximum absolute atomic E-state index is 12.1. The number of thioether (sulfide) groups is 1. The first-order chi connectivity index (χ1) is 12.2. The quantitative estimate of drug-likeness (QED) is 0.700. The molecule has 1 aromatic heterocycles. The topological polar surface area (TPSA) is 46.9 Å². The molecular weight excluding hydrogens is 330 g/mol. The molecule has 0 unspecified atom stereocenters. The number of carbonyl (C=O) groups is 1. The predicted octanol–water partition coefficient (Wildman–Crippen LogP) is 3.98. The predicted molar refractivity (Wildman–Crippen MR) is 103 cm³/mol. The zero-order valence-corrected chi connectivity index (χ0v) is 14.9. The van der Waals surface area contributed by atoms with Crippen LogP contribution >= 0.6 is 11.8 Å². The minimum absolute atomic E-state index is 0.0302. The van der Waals surface area contributed by atoms with E-state index in [1.807, 2.05) is 66.3 Å². The first-order valence-electron chi connectivity index (χ1n) is 8.23. The molecule has 0 aliphatic heterocycles. The normalized spacial score (nSPS) is 11.9. The van der Waals surface area contributed by atoms with Crippen LogP contribution in [-0.2, 0) is 10.5 Å². The molecule has 0 fully saturated rings. The maximum Gasteiger partial charge on any atom is 0.230 e. The molecule has 128 valence electrons. The van der Waals surface area contributed by atoms with Crippen molar-refractivity contribution in [3.8, 4) is 5.69 Å². The van der Waals surface area contributed by atoms with Crippen molar-refractivity contribution >= 4 is 17.7 Å². The van der Waals surface area contributed by atoms with Crippen LogP contribution in [0.1, 0.15) is 24.1 Å². The van der Waals surface area contributed by atoms with Gasteiger partial charge in [-0.2, -0.15) is 5.10 Å². The number of nitrogens with zero attached hydrogens (tertiary/aromatic N) is 2. The van der Waals surface area contributed by atoms with Crippen LogP contribution in [0.2, 0.25) is 0 Å². The molecular formula is C20H21N3OS. The second kappa shape index (κ2) is 8.53. The van der Waals surface area contributed by atoms with Crippen LogP contribution in [-0.4, -0.2) is 21.4 Å². The highest BCUT2D eigenvalue weighted by molar-refractivity contribution is 7.99. The lowest BCUT2D eigenvalue weighted by molar-refractivity contribution is -0.119. The minimum atomic E-state index is 0.0302. The molecule has 3 aromatic rings. The molecule has 1 amide bonds. The summed E-state index contributed by atoms with van der Waals surface area (Å²) in [7, 11) is 0. The molecule has 25 heavy (non-hydrogen) atoms. The Balaban J connectivity index is 1.44. The van der Waals surface area contributed by atoms with Crippen molar-refractivity contribution in [1.29, 1.82) is 0 Å². The number of carbonyl (C=O) groups excluding carboxylic acids is 1. The van der Waals surface area contributed by atoms with Crippen LogP contribution in [0.25, 0.3) is 5.69 Å². The van der Waals surface area contributed by atoms with E-state index in [4.69, 9.17) is 0 Å². The van der Waals surface area contributed by atoms with Crippen LogP contribution in [0, 0.1) is 0 Å². The molecule has 1 N–H and O–H groups in total. The Morgan fingerprint density at radius 3 is 2.56 bits per heavy atom. The molecule has 1 heterocycles. The van der Waals surface area contributed by atoms with Crippen LogP contribution < -0.4 is 5.32 Å². The average Bonchev–Trinajstić information content (AvgIpc) is 3.18. The lowest BCUT2D eigenvalue weighted by Gasteiger charge is -2.14. The van der Waals surface area contributed by atoms with Gasteiger partial charge in [0.25, 0.3) is 0 Å². The highest BCUT2D eigenvalue weighted by atomic mass is 32.2. The van der Waals surface area contributed by atoms with Gasteiger partial charge >= 0.3 is 0 Å². The number of hydrogen-bond donors (Lipinski definition) is 1. The van der Waals surface area contributed by atoms with Gasteiger partial charge in [0.2, 0.25) is 5.91 Å². The summed E-state index contributed by atoms with van der Waals surface area (Å²) in [6, 6.07) is 20.2. The van der Waals surface area contributed by atoms with E-state index in [-0.39, 0.29) is 11.9 Å². The third-order valence-electron chi connectivity index (χ3n) is 3.88. The van der Waals surface area contributed by atoms with Gasteiger partial charge in [-0.3, -0.25) is 4.79 Å². The standard InChI is InChI=1S/C20H21N3OS/c1-16(18-6-3-2-4-7-18)22-20(24)15-25-14-17-8-10-19(11-9-17)23-13-5-12-21-23/h2-13,16H,14-15H2,1H3,(H,22,24)/t16-/m0/s1. The van der Waals surface area contributed by atoms with Gasteiger partial charge < -0.3 is 5.32 Å². The third kappa shape index (κ3) is 4.97. The molecule has 4 nitrogen and oxygen atoms in total. The summed E-state index contributed by atoms with van der Waals surface area (Å²) in [4.78, 5) is 12.1. The molecule has 0 bridgehead atoms. The summed E-state index contributed by atoms with van der Waals surface area (Å²) < 4.78 is 1.83. The molecule has 0 aliphatic carbocycles. The Labute approximate surface area is 152 Å². The molecule has 0 saturated carbocycles. The smallest absolute Gasteiger partial charge is 0.230 e.